The van der Waals surface area contributed by atoms with Gasteiger partial charge >= 0.3 is 0 Å². The Bertz CT molecular complexity index is 2060. The lowest BCUT2D eigenvalue weighted by atomic mass is 10.0. The number of nitrogens with two attached hydrogens (primary N) is 1. The molecule has 5 atom stereocenters. The fourth-order valence-corrected chi connectivity index (χ4v) is 6.27. The molecule has 0 radical (unpaired) electrons. The highest BCUT2D eigenvalue weighted by atomic mass is 32.2. The van der Waals surface area contributed by atoms with E-state index in [1.165, 1.54) is 43.3 Å². The molecule has 20 nitrogen and oxygen atoms in total. The molecule has 1 heterocycles. The van der Waals surface area contributed by atoms with Crippen LogP contribution >= 0.6 is 24.4 Å². The molecular formula is C38H48F4N10O10S2. The number of phenols is 1. The second-order valence-electron chi connectivity index (χ2n) is 14.0. The second kappa shape index (κ2) is 26.2. The van der Waals surface area contributed by atoms with E-state index in [2.05, 4.69) is 60.1 Å². The smallest absolute Gasteiger partial charge is 0.252 e. The normalized spacial score (nSPS) is 13.3. The van der Waals surface area contributed by atoms with E-state index < -0.39 is 137 Å². The van der Waals surface area contributed by atoms with Gasteiger partial charge in [-0.3, -0.25) is 43.2 Å². The van der Waals surface area contributed by atoms with Crippen LogP contribution in [0.15, 0.2) is 35.2 Å². The fraction of sp³-hybridized carbons (Fsp3) is 0.421. The van der Waals surface area contributed by atoms with Crippen molar-refractivity contribution in [3.05, 3.63) is 59.4 Å². The highest BCUT2D eigenvalue weighted by molar-refractivity contribution is 7.99. The molecule has 0 spiro atoms. The van der Waals surface area contributed by atoms with E-state index in [4.69, 9.17) is 5.73 Å². The molecule has 1 unspecified atom stereocenters. The van der Waals surface area contributed by atoms with Crippen molar-refractivity contribution in [1.82, 2.24) is 47.5 Å². The van der Waals surface area contributed by atoms with Gasteiger partial charge < -0.3 is 53.4 Å². The number of carbonyl (C=O) groups excluding carboxylic acids is 9. The molecule has 0 aliphatic carbocycles. The fourth-order valence-electron chi connectivity index (χ4n) is 5.03. The number of hydrogen-bond acceptors (Lipinski definition) is 13. The predicted octanol–water partition coefficient (Wildman–Crippen LogP) is -1.58. The van der Waals surface area contributed by atoms with Gasteiger partial charge in [0.1, 0.15) is 36.0 Å². The summed E-state index contributed by atoms with van der Waals surface area (Å²) in [4.78, 5) is 114. The first-order chi connectivity index (χ1) is 30.0. The monoisotopic (exact) mass is 944 g/mol. The first kappa shape index (κ1) is 53.7. The van der Waals surface area contributed by atoms with Crippen LogP contribution in [0.2, 0.25) is 0 Å². The number of benzene rings is 1. The number of rotatable bonds is 24. The minimum absolute atomic E-state index is 0.0214. The van der Waals surface area contributed by atoms with Crippen LogP contribution in [0.4, 0.5) is 17.6 Å². The van der Waals surface area contributed by atoms with Crippen molar-refractivity contribution in [3.63, 3.8) is 0 Å². The Labute approximate surface area is 373 Å². The molecule has 1 aromatic heterocycles. The van der Waals surface area contributed by atoms with Gasteiger partial charge in [0.25, 0.3) is 11.9 Å². The van der Waals surface area contributed by atoms with Crippen LogP contribution in [0.5, 0.6) is 5.75 Å². The summed E-state index contributed by atoms with van der Waals surface area (Å²) in [6, 6.07) is -1.05. The van der Waals surface area contributed by atoms with E-state index in [1.807, 2.05) is 13.8 Å². The molecule has 2 rings (SSSR count). The summed E-state index contributed by atoms with van der Waals surface area (Å²) in [6.45, 7) is 3.75. The number of amides is 9. The van der Waals surface area contributed by atoms with E-state index in [9.17, 15) is 65.8 Å². The summed E-state index contributed by atoms with van der Waals surface area (Å²) in [5, 5.41) is 27.7. The van der Waals surface area contributed by atoms with Crippen molar-refractivity contribution in [2.24, 2.45) is 11.7 Å². The number of aromatic hydroxyl groups is 1. The lowest BCUT2D eigenvalue weighted by Gasteiger charge is -2.22. The van der Waals surface area contributed by atoms with E-state index in [0.29, 0.717) is 5.56 Å². The van der Waals surface area contributed by atoms with Crippen LogP contribution in [0.1, 0.15) is 39.7 Å². The third-order valence-electron chi connectivity index (χ3n) is 8.27. The third-order valence-corrected chi connectivity index (χ3v) is 9.78. The first-order valence-corrected chi connectivity index (χ1v) is 20.6. The topological polar surface area (TPSA) is 309 Å². The Balaban J connectivity index is 2.01. The molecular weight excluding hydrogens is 897 g/mol. The Hall–Kier alpha value is -6.44. The van der Waals surface area contributed by atoms with Crippen molar-refractivity contribution >= 4 is 83.6 Å². The van der Waals surface area contributed by atoms with E-state index in [1.54, 1.807) is 0 Å². The van der Waals surface area contributed by atoms with Gasteiger partial charge in [-0.15, -0.1) is 11.8 Å². The summed E-state index contributed by atoms with van der Waals surface area (Å²) in [6.07, 6.45) is 2.85. The molecule has 2 aromatic rings. The molecule has 1 aromatic carbocycles. The SMILES string of the molecule is CC(=O)N[C@H](/C=C/c1ccc(O)cc1)C(=O)N[C@@H](CSc1c(F)c(F)nc(F)c1F)C(=O)NCC(=O)NCC(=O)NCC(=O)N[C@@H](CS)C(=O)NC(C)C(=O)N[C@@H](CC(C)C)C(N)=O. The van der Waals surface area contributed by atoms with Crippen LogP contribution < -0.4 is 48.3 Å². The Morgan fingerprint density at radius 1 is 0.719 bits per heavy atom. The van der Waals surface area contributed by atoms with Crippen LogP contribution in [-0.4, -0.2) is 125 Å². The van der Waals surface area contributed by atoms with E-state index in [0.717, 1.165) is 6.92 Å². The molecule has 350 valence electrons. The minimum Gasteiger partial charge on any atom is -0.508 e. The van der Waals surface area contributed by atoms with Gasteiger partial charge in [-0.1, -0.05) is 38.1 Å². The Kier molecular flexibility index (Phi) is 22.0. The number of phenolic OH excluding ortho intramolecular Hbond substituents is 1. The molecule has 11 N–H and O–H groups in total. The maximum Gasteiger partial charge on any atom is 0.252 e. The van der Waals surface area contributed by atoms with Crippen molar-refractivity contribution in [1.29, 1.82) is 0 Å². The van der Waals surface area contributed by atoms with Crippen LogP contribution in [0.3, 0.4) is 0 Å². The number of pyridine rings is 1. The number of nitrogens with one attached hydrogen (secondary N) is 8. The summed E-state index contributed by atoms with van der Waals surface area (Å²) in [5.74, 6) is -16.8. The van der Waals surface area contributed by atoms with Crippen molar-refractivity contribution < 1.29 is 65.8 Å². The standard InChI is InChI=1S/C38H48F4N10O10S2/c1-17(2)11-23(34(43)58)50-35(59)18(3)47-38(62)24(15-63)49-28(57)14-45-26(55)12-44-27(56)13-46-36(60)25(16-64-31-29(39)32(41)52-33(42)30(31)40)51-37(61)22(48-19(4)53)10-7-20-5-8-21(54)9-6-20/h5-10,17-18,22-25,54,63H,11-16H2,1-4H3,(H2,43,58)(H,44,56)(H,45,55)(H,46,60)(H,47,62)(H,48,53)(H,49,57)(H,50,59)(H,51,61)/b10-7+/t18?,22-,23+,24+,25+/m1/s1. The molecule has 0 saturated heterocycles. The van der Waals surface area contributed by atoms with Crippen molar-refractivity contribution in [2.75, 3.05) is 31.1 Å². The summed E-state index contributed by atoms with van der Waals surface area (Å²) >= 11 is 4.10. The Morgan fingerprint density at radius 3 is 1.80 bits per heavy atom. The highest BCUT2D eigenvalue weighted by Gasteiger charge is 2.30. The number of carbonyl (C=O) groups is 9. The summed E-state index contributed by atoms with van der Waals surface area (Å²) < 4.78 is 56.4. The molecule has 0 bridgehead atoms. The van der Waals surface area contributed by atoms with Gasteiger partial charge in [-0.2, -0.15) is 26.4 Å². The highest BCUT2D eigenvalue weighted by Crippen LogP contribution is 2.28. The number of nitrogens with zero attached hydrogens (tertiary/aromatic N) is 1. The van der Waals surface area contributed by atoms with Crippen molar-refractivity contribution in [2.45, 2.75) is 69.2 Å². The number of thioether (sulfide) groups is 1. The molecule has 0 aliphatic rings. The zero-order valence-corrected chi connectivity index (χ0v) is 36.4. The minimum atomic E-state index is -1.99. The molecule has 64 heavy (non-hydrogen) atoms. The molecule has 9 amide bonds. The number of thiol groups is 1. The van der Waals surface area contributed by atoms with Crippen LogP contribution in [0.25, 0.3) is 6.08 Å². The molecule has 26 heteroatoms. The largest absolute Gasteiger partial charge is 0.508 e. The zero-order valence-electron chi connectivity index (χ0n) is 34.7. The molecule has 0 aliphatic heterocycles. The Morgan fingerprint density at radius 2 is 1.27 bits per heavy atom. The number of halogens is 4. The number of hydrogen-bond donors (Lipinski definition) is 11. The predicted molar refractivity (Wildman–Crippen MR) is 224 cm³/mol. The quantitative estimate of drug-likeness (QED) is 0.0246. The second-order valence-corrected chi connectivity index (χ2v) is 15.4. The zero-order chi connectivity index (χ0) is 48.3. The van der Waals surface area contributed by atoms with E-state index in [-0.39, 0.29) is 35.6 Å². The van der Waals surface area contributed by atoms with Gasteiger partial charge in [-0.05, 0) is 37.0 Å². The average Bonchev–Trinajstić information content (AvgIpc) is 3.23. The van der Waals surface area contributed by atoms with Gasteiger partial charge in [0.05, 0.1) is 24.5 Å². The summed E-state index contributed by atoms with van der Waals surface area (Å²) in [7, 11) is 0. The van der Waals surface area contributed by atoms with Gasteiger partial charge in [0.15, 0.2) is 11.6 Å². The van der Waals surface area contributed by atoms with Gasteiger partial charge in [0, 0.05) is 18.4 Å². The first-order valence-electron chi connectivity index (χ1n) is 19.0. The molecule has 0 fully saturated rings. The third kappa shape index (κ3) is 18.5. The van der Waals surface area contributed by atoms with Crippen LogP contribution in [-0.2, 0) is 43.2 Å². The maximum absolute atomic E-state index is 14.4. The lowest BCUT2D eigenvalue weighted by Crippen LogP contribution is -2.56. The summed E-state index contributed by atoms with van der Waals surface area (Å²) in [5.41, 5.74) is 5.81. The maximum atomic E-state index is 14.4. The van der Waals surface area contributed by atoms with Crippen LogP contribution in [0, 0.1) is 29.4 Å². The molecule has 0 saturated carbocycles. The van der Waals surface area contributed by atoms with E-state index >= 15 is 0 Å². The lowest BCUT2D eigenvalue weighted by molar-refractivity contribution is -0.133. The van der Waals surface area contributed by atoms with Crippen molar-refractivity contribution in [3.8, 4) is 5.75 Å². The number of aromatic nitrogens is 1. The number of primary amides is 1. The van der Waals surface area contributed by atoms with Gasteiger partial charge in [-0.25, -0.2) is 8.78 Å². The van der Waals surface area contributed by atoms with Gasteiger partial charge in [0.2, 0.25) is 53.2 Å². The average molecular weight is 945 g/mol.